The smallest absolute Gasteiger partial charge is 0.302 e. The highest BCUT2D eigenvalue weighted by Crippen LogP contribution is 2.20. The minimum absolute atomic E-state index is 0.0401. The average Bonchev–Trinajstić information content (AvgIpc) is 2.81. The van der Waals surface area contributed by atoms with Gasteiger partial charge in [0.15, 0.2) is 5.65 Å². The second-order valence-electron chi connectivity index (χ2n) is 6.41. The molecule has 0 saturated heterocycles. The van der Waals surface area contributed by atoms with Crippen molar-refractivity contribution >= 4 is 5.65 Å². The van der Waals surface area contributed by atoms with Gasteiger partial charge in [0, 0.05) is 18.8 Å². The SMILES string of the molecule is CN(CCn1nc2ccccn2c1=O)C1CCCCCCC1. The standard InChI is InChI=1S/C17H26N4O/c1-19(15-9-5-3-2-4-6-10-15)13-14-21-17(22)20-12-8-7-11-16(20)18-21/h7-8,11-12,15H,2-6,9-10,13-14H2,1H3. The molecule has 2 aromatic rings. The molecule has 22 heavy (non-hydrogen) atoms. The van der Waals surface area contributed by atoms with Gasteiger partial charge in [-0.2, -0.15) is 0 Å². The third-order valence-corrected chi connectivity index (χ3v) is 4.85. The van der Waals surface area contributed by atoms with E-state index in [1.54, 1.807) is 15.3 Å². The molecule has 5 heteroatoms. The van der Waals surface area contributed by atoms with Crippen molar-refractivity contribution in [3.05, 3.63) is 34.9 Å². The highest BCUT2D eigenvalue weighted by Gasteiger charge is 2.16. The number of rotatable bonds is 4. The summed E-state index contributed by atoms with van der Waals surface area (Å²) in [5.41, 5.74) is 0.683. The Morgan fingerprint density at radius 1 is 1.18 bits per heavy atom. The minimum atomic E-state index is -0.0401. The van der Waals surface area contributed by atoms with Crippen molar-refractivity contribution in [1.82, 2.24) is 19.1 Å². The molecule has 120 valence electrons. The Balaban J connectivity index is 1.62. The molecule has 2 aromatic heterocycles. The van der Waals surface area contributed by atoms with Crippen LogP contribution in [-0.2, 0) is 6.54 Å². The third kappa shape index (κ3) is 3.40. The molecule has 1 saturated carbocycles. The van der Waals surface area contributed by atoms with Gasteiger partial charge in [-0.05, 0) is 32.0 Å². The van der Waals surface area contributed by atoms with Gasteiger partial charge in [0.25, 0.3) is 0 Å². The van der Waals surface area contributed by atoms with Gasteiger partial charge < -0.3 is 4.90 Å². The number of hydrogen-bond acceptors (Lipinski definition) is 3. The summed E-state index contributed by atoms with van der Waals surface area (Å²) in [6.45, 7) is 1.54. The molecule has 2 heterocycles. The van der Waals surface area contributed by atoms with Gasteiger partial charge in [0.1, 0.15) is 0 Å². The minimum Gasteiger partial charge on any atom is -0.302 e. The summed E-state index contributed by atoms with van der Waals surface area (Å²) in [5, 5.41) is 4.40. The van der Waals surface area contributed by atoms with Crippen LogP contribution in [0.15, 0.2) is 29.2 Å². The lowest BCUT2D eigenvalue weighted by atomic mass is 9.96. The van der Waals surface area contributed by atoms with Crippen molar-refractivity contribution in [3.63, 3.8) is 0 Å². The van der Waals surface area contributed by atoms with E-state index in [1.165, 1.54) is 44.9 Å². The Hall–Kier alpha value is -1.62. The number of aromatic nitrogens is 3. The van der Waals surface area contributed by atoms with E-state index in [0.717, 1.165) is 12.2 Å². The number of pyridine rings is 1. The fourth-order valence-electron chi connectivity index (χ4n) is 3.42. The fraction of sp³-hybridized carbons (Fsp3) is 0.647. The predicted octanol–water partition coefficient (Wildman–Crippen LogP) is 2.54. The van der Waals surface area contributed by atoms with Crippen molar-refractivity contribution in [2.24, 2.45) is 0 Å². The van der Waals surface area contributed by atoms with Crippen LogP contribution in [0, 0.1) is 0 Å². The normalized spacial score (nSPS) is 17.7. The molecular formula is C17H26N4O. The predicted molar refractivity (Wildman–Crippen MR) is 88.2 cm³/mol. The average molecular weight is 302 g/mol. The molecule has 0 spiro atoms. The zero-order valence-electron chi connectivity index (χ0n) is 13.4. The van der Waals surface area contributed by atoms with E-state index in [1.807, 2.05) is 18.2 Å². The van der Waals surface area contributed by atoms with Crippen LogP contribution in [0.2, 0.25) is 0 Å². The van der Waals surface area contributed by atoms with E-state index in [-0.39, 0.29) is 5.69 Å². The van der Waals surface area contributed by atoms with Gasteiger partial charge in [-0.3, -0.25) is 4.40 Å². The molecule has 3 rings (SSSR count). The Morgan fingerprint density at radius 2 is 1.91 bits per heavy atom. The van der Waals surface area contributed by atoms with Crippen molar-refractivity contribution in [3.8, 4) is 0 Å². The van der Waals surface area contributed by atoms with Crippen molar-refractivity contribution in [2.45, 2.75) is 57.5 Å². The largest absolute Gasteiger partial charge is 0.350 e. The van der Waals surface area contributed by atoms with Gasteiger partial charge in [-0.15, -0.1) is 5.10 Å². The van der Waals surface area contributed by atoms with Gasteiger partial charge in [0.2, 0.25) is 0 Å². The molecule has 0 atom stereocenters. The lowest BCUT2D eigenvalue weighted by molar-refractivity contribution is 0.194. The van der Waals surface area contributed by atoms with E-state index < -0.39 is 0 Å². The summed E-state index contributed by atoms with van der Waals surface area (Å²) in [6, 6.07) is 6.30. The van der Waals surface area contributed by atoms with Crippen LogP contribution in [0.4, 0.5) is 0 Å². The Bertz CT molecular complexity index is 652. The van der Waals surface area contributed by atoms with Crippen molar-refractivity contribution < 1.29 is 0 Å². The summed E-state index contributed by atoms with van der Waals surface area (Å²) in [7, 11) is 2.19. The van der Waals surface area contributed by atoms with Crippen LogP contribution in [0.3, 0.4) is 0 Å². The van der Waals surface area contributed by atoms with Crippen molar-refractivity contribution in [2.75, 3.05) is 13.6 Å². The van der Waals surface area contributed by atoms with Crippen LogP contribution in [0.1, 0.15) is 44.9 Å². The molecule has 0 unspecified atom stereocenters. The first-order valence-electron chi connectivity index (χ1n) is 8.50. The molecule has 0 bridgehead atoms. The zero-order chi connectivity index (χ0) is 15.4. The molecule has 1 aliphatic rings. The molecule has 1 aliphatic carbocycles. The van der Waals surface area contributed by atoms with Gasteiger partial charge >= 0.3 is 5.69 Å². The topological polar surface area (TPSA) is 42.5 Å². The summed E-state index contributed by atoms with van der Waals surface area (Å²) < 4.78 is 3.20. The summed E-state index contributed by atoms with van der Waals surface area (Å²) >= 11 is 0. The van der Waals surface area contributed by atoms with E-state index in [9.17, 15) is 4.79 Å². The highest BCUT2D eigenvalue weighted by molar-refractivity contribution is 5.35. The molecule has 1 fully saturated rings. The first-order valence-corrected chi connectivity index (χ1v) is 8.50. The molecule has 0 N–H and O–H groups in total. The van der Waals surface area contributed by atoms with E-state index in [0.29, 0.717) is 12.6 Å². The number of nitrogens with zero attached hydrogens (tertiary/aromatic N) is 4. The first-order chi connectivity index (χ1) is 10.8. The lowest BCUT2D eigenvalue weighted by Gasteiger charge is -2.29. The molecule has 0 aromatic carbocycles. The summed E-state index contributed by atoms with van der Waals surface area (Å²) in [4.78, 5) is 14.7. The molecule has 0 radical (unpaired) electrons. The highest BCUT2D eigenvalue weighted by atomic mass is 16.2. The number of hydrogen-bond donors (Lipinski definition) is 0. The maximum absolute atomic E-state index is 12.3. The van der Waals surface area contributed by atoms with Gasteiger partial charge in [-0.1, -0.05) is 38.2 Å². The van der Waals surface area contributed by atoms with E-state index in [4.69, 9.17) is 0 Å². The Kier molecular flexibility index (Phi) is 4.93. The summed E-state index contributed by atoms with van der Waals surface area (Å²) in [6.07, 6.45) is 11.2. The van der Waals surface area contributed by atoms with Gasteiger partial charge in [-0.25, -0.2) is 9.48 Å². The molecule has 5 nitrogen and oxygen atoms in total. The van der Waals surface area contributed by atoms with Crippen LogP contribution in [0.25, 0.3) is 5.65 Å². The monoisotopic (exact) mass is 302 g/mol. The number of likely N-dealkylation sites (N-methyl/N-ethyl adjacent to an activating group) is 1. The third-order valence-electron chi connectivity index (χ3n) is 4.85. The Labute approximate surface area is 131 Å². The molecular weight excluding hydrogens is 276 g/mol. The second kappa shape index (κ2) is 7.09. The lowest BCUT2D eigenvalue weighted by Crippen LogP contribution is -2.36. The Morgan fingerprint density at radius 3 is 2.64 bits per heavy atom. The molecule has 0 amide bonds. The van der Waals surface area contributed by atoms with Crippen LogP contribution < -0.4 is 5.69 Å². The second-order valence-corrected chi connectivity index (χ2v) is 6.41. The quantitative estimate of drug-likeness (QED) is 0.871. The first kappa shape index (κ1) is 15.3. The van der Waals surface area contributed by atoms with E-state index in [2.05, 4.69) is 17.0 Å². The maximum Gasteiger partial charge on any atom is 0.350 e. The van der Waals surface area contributed by atoms with Crippen LogP contribution in [0.5, 0.6) is 0 Å². The summed E-state index contributed by atoms with van der Waals surface area (Å²) in [5.74, 6) is 0. The van der Waals surface area contributed by atoms with E-state index >= 15 is 0 Å². The zero-order valence-corrected chi connectivity index (χ0v) is 13.4. The van der Waals surface area contributed by atoms with Crippen LogP contribution >= 0.6 is 0 Å². The van der Waals surface area contributed by atoms with Gasteiger partial charge in [0.05, 0.1) is 6.54 Å². The maximum atomic E-state index is 12.3. The van der Waals surface area contributed by atoms with Crippen LogP contribution in [-0.4, -0.2) is 38.7 Å². The van der Waals surface area contributed by atoms with Crippen molar-refractivity contribution in [1.29, 1.82) is 0 Å². The number of fused-ring (bicyclic) bond motifs is 1. The molecule has 0 aliphatic heterocycles. The fourth-order valence-corrected chi connectivity index (χ4v) is 3.42.